The molecule has 0 aliphatic rings. The van der Waals surface area contributed by atoms with Crippen molar-refractivity contribution in [1.82, 2.24) is 5.43 Å². The fraction of sp³-hybridized carbons (Fsp3) is 0.700. The Hall–Kier alpha value is -1.67. The van der Waals surface area contributed by atoms with Crippen molar-refractivity contribution in [2.24, 2.45) is 5.84 Å². The average Bonchev–Trinajstić information content (AvgIpc) is 2.29. The van der Waals surface area contributed by atoms with Crippen LogP contribution in [0.15, 0.2) is 0 Å². The van der Waals surface area contributed by atoms with Crippen molar-refractivity contribution in [2.75, 3.05) is 0 Å². The summed E-state index contributed by atoms with van der Waals surface area (Å²) >= 11 is 0. The number of hydrogen-bond donors (Lipinski definition) is 5. The molecule has 0 radical (unpaired) electrons. The number of carbonyl (C=O) groups is 3. The normalized spacial score (nSPS) is 10.0. The van der Waals surface area contributed by atoms with Gasteiger partial charge in [0.1, 0.15) is 5.60 Å². The largest absolute Gasteiger partial charge is 0.473 e. The first-order valence-electron chi connectivity index (χ1n) is 5.44. The lowest BCUT2D eigenvalue weighted by Gasteiger charge is -2.24. The molecule has 0 heterocycles. The Morgan fingerprint density at radius 2 is 1.39 bits per heavy atom. The van der Waals surface area contributed by atoms with Crippen LogP contribution in [-0.4, -0.2) is 38.8 Å². The number of carboxylic acids is 2. The van der Waals surface area contributed by atoms with Gasteiger partial charge in [-0.3, -0.25) is 10.2 Å². The summed E-state index contributed by atoms with van der Waals surface area (Å²) in [7, 11) is 0. The van der Waals surface area contributed by atoms with Crippen molar-refractivity contribution in [1.29, 1.82) is 0 Å². The van der Waals surface area contributed by atoms with Crippen molar-refractivity contribution in [3.05, 3.63) is 0 Å². The highest BCUT2D eigenvalue weighted by molar-refractivity contribution is 6.27. The van der Waals surface area contributed by atoms with E-state index in [2.05, 4.69) is 0 Å². The van der Waals surface area contributed by atoms with Crippen LogP contribution in [0.1, 0.15) is 39.5 Å². The zero-order chi connectivity index (χ0) is 14.8. The van der Waals surface area contributed by atoms with Crippen molar-refractivity contribution >= 4 is 17.8 Å². The summed E-state index contributed by atoms with van der Waals surface area (Å²) in [6.45, 7) is 3.84. The first-order chi connectivity index (χ1) is 8.25. The number of amides is 1. The molecule has 0 rings (SSSR count). The third-order valence-electron chi connectivity index (χ3n) is 2.06. The molecule has 6 N–H and O–H groups in total. The van der Waals surface area contributed by atoms with Gasteiger partial charge >= 0.3 is 11.9 Å². The van der Waals surface area contributed by atoms with Crippen LogP contribution in [0.4, 0.5) is 0 Å². The maximum absolute atomic E-state index is 11.1. The highest BCUT2D eigenvalue weighted by Gasteiger charge is 2.32. The van der Waals surface area contributed by atoms with Gasteiger partial charge in [0.15, 0.2) is 0 Å². The highest BCUT2D eigenvalue weighted by Crippen LogP contribution is 2.19. The smallest absolute Gasteiger partial charge is 0.414 e. The second-order valence-corrected chi connectivity index (χ2v) is 3.62. The van der Waals surface area contributed by atoms with E-state index in [0.29, 0.717) is 12.8 Å². The van der Waals surface area contributed by atoms with Crippen molar-refractivity contribution < 1.29 is 29.7 Å². The molecule has 0 aliphatic carbocycles. The quantitative estimate of drug-likeness (QED) is 0.194. The van der Waals surface area contributed by atoms with Gasteiger partial charge in [-0.2, -0.15) is 0 Å². The molecule has 0 aromatic heterocycles. The van der Waals surface area contributed by atoms with E-state index in [1.165, 1.54) is 0 Å². The molecule has 8 heteroatoms. The van der Waals surface area contributed by atoms with E-state index in [1.807, 2.05) is 19.3 Å². The van der Waals surface area contributed by atoms with Gasteiger partial charge < -0.3 is 15.3 Å². The van der Waals surface area contributed by atoms with Crippen molar-refractivity contribution in [3.63, 3.8) is 0 Å². The topological polar surface area (TPSA) is 150 Å². The van der Waals surface area contributed by atoms with E-state index in [4.69, 9.17) is 25.6 Å². The van der Waals surface area contributed by atoms with E-state index in [0.717, 1.165) is 12.8 Å². The summed E-state index contributed by atoms with van der Waals surface area (Å²) in [5, 5.41) is 24.6. The van der Waals surface area contributed by atoms with Crippen LogP contribution in [0.5, 0.6) is 0 Å². The predicted octanol–water partition coefficient (Wildman–Crippen LogP) is -0.537. The van der Waals surface area contributed by atoms with Gasteiger partial charge in [-0.05, 0) is 12.8 Å². The third kappa shape index (κ3) is 7.58. The minimum absolute atomic E-state index is 0.462. The van der Waals surface area contributed by atoms with E-state index in [9.17, 15) is 9.90 Å². The van der Waals surface area contributed by atoms with Gasteiger partial charge in [0.2, 0.25) is 0 Å². The zero-order valence-electron chi connectivity index (χ0n) is 10.5. The van der Waals surface area contributed by atoms with Gasteiger partial charge in [0.25, 0.3) is 5.91 Å². The second kappa shape index (κ2) is 9.37. The molecule has 0 bridgehead atoms. The summed E-state index contributed by atoms with van der Waals surface area (Å²) in [4.78, 5) is 29.3. The summed E-state index contributed by atoms with van der Waals surface area (Å²) in [6.07, 6.45) is 2.46. The molecule has 0 saturated carbocycles. The molecule has 106 valence electrons. The summed E-state index contributed by atoms with van der Waals surface area (Å²) in [6, 6.07) is 0. The van der Waals surface area contributed by atoms with Gasteiger partial charge in [-0.25, -0.2) is 15.4 Å². The maximum Gasteiger partial charge on any atom is 0.414 e. The van der Waals surface area contributed by atoms with Crippen LogP contribution in [0, 0.1) is 0 Å². The lowest BCUT2D eigenvalue weighted by Crippen LogP contribution is -2.49. The Morgan fingerprint density at radius 3 is 1.56 bits per heavy atom. The Bertz CT molecular complexity index is 274. The molecule has 0 saturated heterocycles. The van der Waals surface area contributed by atoms with Crippen LogP contribution in [0.25, 0.3) is 0 Å². The van der Waals surface area contributed by atoms with Crippen LogP contribution in [0.2, 0.25) is 0 Å². The monoisotopic (exact) mass is 264 g/mol. The number of nitrogens with one attached hydrogen (secondary N) is 1. The Morgan fingerprint density at radius 1 is 1.06 bits per heavy atom. The molecular formula is C10H20N2O6. The average molecular weight is 264 g/mol. The van der Waals surface area contributed by atoms with E-state index >= 15 is 0 Å². The standard InChI is InChI=1S/C8H18N2O2.C2H2O4/c1-3-5-8(12,6-4-2)7(11)10-9;3-1(4)2(5)6/h12H,3-6,9H2,1-2H3,(H,10,11);(H,3,4)(H,5,6). The fourth-order valence-corrected chi connectivity index (χ4v) is 1.31. The molecule has 0 spiro atoms. The third-order valence-corrected chi connectivity index (χ3v) is 2.06. The molecule has 1 amide bonds. The van der Waals surface area contributed by atoms with Crippen LogP contribution in [-0.2, 0) is 14.4 Å². The van der Waals surface area contributed by atoms with Crippen LogP contribution in [0.3, 0.4) is 0 Å². The summed E-state index contributed by atoms with van der Waals surface area (Å²) in [5.41, 5.74) is 0.721. The number of aliphatic hydroxyl groups is 1. The zero-order valence-corrected chi connectivity index (χ0v) is 10.5. The van der Waals surface area contributed by atoms with Gasteiger partial charge in [0, 0.05) is 0 Å². The molecule has 0 aromatic rings. The number of nitrogens with two attached hydrogens (primary N) is 1. The summed E-state index contributed by atoms with van der Waals surface area (Å²) < 4.78 is 0. The van der Waals surface area contributed by atoms with E-state index in [1.54, 1.807) is 0 Å². The van der Waals surface area contributed by atoms with Gasteiger partial charge in [-0.1, -0.05) is 26.7 Å². The minimum Gasteiger partial charge on any atom is -0.473 e. The number of aliphatic carboxylic acids is 2. The number of hydrazine groups is 1. The predicted molar refractivity (Wildman–Crippen MR) is 62.4 cm³/mol. The molecule has 0 fully saturated rings. The molecule has 8 nitrogen and oxygen atoms in total. The molecular weight excluding hydrogens is 244 g/mol. The Kier molecular flexibility index (Phi) is 9.73. The first kappa shape index (κ1) is 18.7. The van der Waals surface area contributed by atoms with Gasteiger partial charge in [-0.15, -0.1) is 0 Å². The minimum atomic E-state index is -1.82. The lowest BCUT2D eigenvalue weighted by molar-refractivity contribution is -0.159. The Labute approximate surface area is 105 Å². The first-order valence-corrected chi connectivity index (χ1v) is 5.44. The summed E-state index contributed by atoms with van der Waals surface area (Å²) in [5.74, 6) is 0.831. The molecule has 0 atom stereocenters. The van der Waals surface area contributed by atoms with Crippen molar-refractivity contribution in [3.8, 4) is 0 Å². The number of rotatable bonds is 5. The number of carboxylic acid groups (broad SMARTS) is 2. The maximum atomic E-state index is 11.1. The molecule has 0 aliphatic heterocycles. The highest BCUT2D eigenvalue weighted by atomic mass is 16.4. The second-order valence-electron chi connectivity index (χ2n) is 3.62. The molecule has 0 unspecified atom stereocenters. The van der Waals surface area contributed by atoms with Crippen LogP contribution >= 0.6 is 0 Å². The SMILES string of the molecule is CCCC(O)(CCC)C(=O)NN.O=C(O)C(=O)O. The van der Waals surface area contributed by atoms with Crippen LogP contribution < -0.4 is 11.3 Å². The van der Waals surface area contributed by atoms with E-state index < -0.39 is 23.4 Å². The lowest BCUT2D eigenvalue weighted by atomic mass is 9.92. The Balaban J connectivity index is 0. The number of carbonyl (C=O) groups excluding carboxylic acids is 1. The van der Waals surface area contributed by atoms with Gasteiger partial charge in [0.05, 0.1) is 0 Å². The molecule has 0 aromatic carbocycles. The fourth-order valence-electron chi connectivity index (χ4n) is 1.31. The van der Waals surface area contributed by atoms with E-state index in [-0.39, 0.29) is 0 Å². The van der Waals surface area contributed by atoms with Crippen molar-refractivity contribution in [2.45, 2.75) is 45.1 Å². The molecule has 18 heavy (non-hydrogen) atoms. The number of hydrogen-bond acceptors (Lipinski definition) is 5.